The van der Waals surface area contributed by atoms with Gasteiger partial charge in [-0.25, -0.2) is 9.37 Å². The minimum absolute atomic E-state index is 0.00280. The van der Waals surface area contributed by atoms with E-state index in [1.807, 2.05) is 18.9 Å². The normalized spacial score (nSPS) is 12.5. The maximum Gasteiger partial charge on any atom is 0.275 e. The van der Waals surface area contributed by atoms with Crippen molar-refractivity contribution in [2.75, 3.05) is 11.9 Å². The molecule has 0 radical (unpaired) electrons. The standard InChI is InChI=1S/C17H19FN4OS/c1-4-5-14-10-15(23)22-16(19-14)24-17(20-22)21(3)11(2)12-6-8-13(18)9-7-12/h6-11H,4-5H2,1-3H3. The quantitative estimate of drug-likeness (QED) is 0.710. The molecular weight excluding hydrogens is 327 g/mol. The minimum Gasteiger partial charge on any atom is -0.343 e. The Morgan fingerprint density at radius 1 is 1.33 bits per heavy atom. The first-order chi connectivity index (χ1) is 11.5. The molecule has 0 bridgehead atoms. The third-order valence-corrected chi connectivity index (χ3v) is 5.03. The Balaban J connectivity index is 1.94. The third-order valence-electron chi connectivity index (χ3n) is 4.03. The number of aryl methyl sites for hydroxylation is 1. The van der Waals surface area contributed by atoms with E-state index in [0.29, 0.717) is 10.1 Å². The van der Waals surface area contributed by atoms with Gasteiger partial charge in [-0.2, -0.15) is 4.52 Å². The number of nitrogens with zero attached hydrogens (tertiary/aromatic N) is 4. The van der Waals surface area contributed by atoms with E-state index < -0.39 is 0 Å². The lowest BCUT2D eigenvalue weighted by Crippen LogP contribution is -2.22. The Labute approximate surface area is 143 Å². The first-order valence-electron chi connectivity index (χ1n) is 7.87. The molecular formula is C17H19FN4OS. The molecule has 24 heavy (non-hydrogen) atoms. The topological polar surface area (TPSA) is 50.5 Å². The molecule has 0 fully saturated rings. The molecule has 3 aromatic rings. The number of benzene rings is 1. The summed E-state index contributed by atoms with van der Waals surface area (Å²) in [5.41, 5.74) is 1.62. The molecule has 0 spiro atoms. The van der Waals surface area contributed by atoms with E-state index in [-0.39, 0.29) is 17.4 Å². The van der Waals surface area contributed by atoms with Gasteiger partial charge >= 0.3 is 0 Å². The van der Waals surface area contributed by atoms with Crippen LogP contribution in [0.25, 0.3) is 4.96 Å². The summed E-state index contributed by atoms with van der Waals surface area (Å²) < 4.78 is 14.4. The highest BCUT2D eigenvalue weighted by Crippen LogP contribution is 2.28. The van der Waals surface area contributed by atoms with Crippen LogP contribution in [0.5, 0.6) is 0 Å². The molecule has 0 aliphatic heterocycles. The average Bonchev–Trinajstić information content (AvgIpc) is 2.99. The Morgan fingerprint density at radius 3 is 2.71 bits per heavy atom. The third kappa shape index (κ3) is 3.17. The second-order valence-electron chi connectivity index (χ2n) is 5.75. The van der Waals surface area contributed by atoms with Gasteiger partial charge in [0.1, 0.15) is 5.82 Å². The molecule has 1 aromatic carbocycles. The van der Waals surface area contributed by atoms with E-state index in [1.165, 1.54) is 28.0 Å². The number of anilines is 1. The molecule has 2 heterocycles. The van der Waals surface area contributed by atoms with Gasteiger partial charge in [0.15, 0.2) is 0 Å². The number of rotatable bonds is 5. The molecule has 0 amide bonds. The van der Waals surface area contributed by atoms with Gasteiger partial charge in [0.05, 0.1) is 6.04 Å². The van der Waals surface area contributed by atoms with Crippen molar-refractivity contribution in [3.63, 3.8) is 0 Å². The van der Waals surface area contributed by atoms with Crippen LogP contribution < -0.4 is 10.5 Å². The van der Waals surface area contributed by atoms with Gasteiger partial charge in [-0.15, -0.1) is 5.10 Å². The molecule has 0 aliphatic rings. The second-order valence-corrected chi connectivity index (χ2v) is 6.69. The summed E-state index contributed by atoms with van der Waals surface area (Å²) in [5, 5.41) is 5.09. The van der Waals surface area contributed by atoms with Crippen molar-refractivity contribution in [3.05, 3.63) is 57.8 Å². The lowest BCUT2D eigenvalue weighted by Gasteiger charge is -2.24. The maximum atomic E-state index is 13.1. The zero-order valence-electron chi connectivity index (χ0n) is 13.9. The second kappa shape index (κ2) is 6.68. The molecule has 0 saturated heterocycles. The molecule has 2 aromatic heterocycles. The molecule has 7 heteroatoms. The van der Waals surface area contributed by atoms with Crippen LogP contribution in [0.4, 0.5) is 9.52 Å². The highest BCUT2D eigenvalue weighted by molar-refractivity contribution is 7.20. The van der Waals surface area contributed by atoms with Crippen LogP contribution in [0, 0.1) is 5.82 Å². The van der Waals surface area contributed by atoms with Crippen molar-refractivity contribution >= 4 is 21.4 Å². The average molecular weight is 346 g/mol. The predicted octanol–water partition coefficient (Wildman–Crippen LogP) is 3.44. The summed E-state index contributed by atoms with van der Waals surface area (Å²) in [6, 6.07) is 7.95. The summed E-state index contributed by atoms with van der Waals surface area (Å²) >= 11 is 1.38. The SMILES string of the molecule is CCCc1cc(=O)n2nc(N(C)C(C)c3ccc(F)cc3)sc2n1. The van der Waals surface area contributed by atoms with Gasteiger partial charge in [0.2, 0.25) is 10.1 Å². The van der Waals surface area contributed by atoms with Crippen molar-refractivity contribution < 1.29 is 4.39 Å². The van der Waals surface area contributed by atoms with E-state index in [2.05, 4.69) is 17.0 Å². The van der Waals surface area contributed by atoms with Crippen molar-refractivity contribution in [1.82, 2.24) is 14.6 Å². The molecule has 126 valence electrons. The highest BCUT2D eigenvalue weighted by Gasteiger charge is 2.18. The monoisotopic (exact) mass is 346 g/mol. The first-order valence-corrected chi connectivity index (χ1v) is 8.69. The fourth-order valence-corrected chi connectivity index (χ4v) is 3.47. The van der Waals surface area contributed by atoms with Crippen molar-refractivity contribution in [2.24, 2.45) is 0 Å². The Bertz CT molecular complexity index is 903. The zero-order valence-corrected chi connectivity index (χ0v) is 14.7. The maximum absolute atomic E-state index is 13.1. The van der Waals surface area contributed by atoms with E-state index in [0.717, 1.165) is 24.1 Å². The van der Waals surface area contributed by atoms with Crippen molar-refractivity contribution in [2.45, 2.75) is 32.7 Å². The molecule has 1 unspecified atom stereocenters. The van der Waals surface area contributed by atoms with Crippen LogP contribution in [-0.2, 0) is 6.42 Å². The molecule has 0 saturated carbocycles. The first kappa shape index (κ1) is 16.6. The summed E-state index contributed by atoms with van der Waals surface area (Å²) in [6.45, 7) is 4.07. The fraction of sp³-hybridized carbons (Fsp3) is 0.353. The number of halogens is 1. The smallest absolute Gasteiger partial charge is 0.275 e. The van der Waals surface area contributed by atoms with E-state index in [4.69, 9.17) is 0 Å². The highest BCUT2D eigenvalue weighted by atomic mass is 32.1. The van der Waals surface area contributed by atoms with Gasteiger partial charge in [-0.1, -0.05) is 36.8 Å². The summed E-state index contributed by atoms with van der Waals surface area (Å²) in [4.78, 5) is 19.3. The van der Waals surface area contributed by atoms with E-state index in [1.54, 1.807) is 18.2 Å². The number of fused-ring (bicyclic) bond motifs is 1. The Kier molecular flexibility index (Phi) is 4.62. The fourth-order valence-electron chi connectivity index (χ4n) is 2.50. The Morgan fingerprint density at radius 2 is 2.04 bits per heavy atom. The molecule has 1 atom stereocenters. The molecule has 0 N–H and O–H groups in total. The van der Waals surface area contributed by atoms with Gasteiger partial charge < -0.3 is 4.90 Å². The van der Waals surface area contributed by atoms with Gasteiger partial charge in [0.25, 0.3) is 5.56 Å². The van der Waals surface area contributed by atoms with Gasteiger partial charge in [-0.3, -0.25) is 4.79 Å². The Hall–Kier alpha value is -2.28. The molecule has 5 nitrogen and oxygen atoms in total. The largest absolute Gasteiger partial charge is 0.343 e. The number of hydrogen-bond acceptors (Lipinski definition) is 5. The molecule has 0 aliphatic carbocycles. The van der Waals surface area contributed by atoms with Crippen LogP contribution in [0.1, 0.15) is 37.6 Å². The lowest BCUT2D eigenvalue weighted by atomic mass is 10.1. The minimum atomic E-state index is -0.257. The number of aromatic nitrogens is 3. The lowest BCUT2D eigenvalue weighted by molar-refractivity contribution is 0.625. The van der Waals surface area contributed by atoms with Crippen LogP contribution in [0.3, 0.4) is 0 Å². The van der Waals surface area contributed by atoms with E-state index >= 15 is 0 Å². The van der Waals surface area contributed by atoms with Crippen LogP contribution >= 0.6 is 11.3 Å². The predicted molar refractivity (Wildman–Crippen MR) is 94.3 cm³/mol. The van der Waals surface area contributed by atoms with Crippen LogP contribution in [0.2, 0.25) is 0 Å². The zero-order chi connectivity index (χ0) is 17.3. The summed E-state index contributed by atoms with van der Waals surface area (Å²) in [5.74, 6) is -0.257. The van der Waals surface area contributed by atoms with Crippen LogP contribution in [0.15, 0.2) is 35.1 Å². The van der Waals surface area contributed by atoms with Crippen molar-refractivity contribution in [3.8, 4) is 0 Å². The number of hydrogen-bond donors (Lipinski definition) is 0. The van der Waals surface area contributed by atoms with Crippen molar-refractivity contribution in [1.29, 1.82) is 0 Å². The summed E-state index contributed by atoms with van der Waals surface area (Å²) in [7, 11) is 1.91. The van der Waals surface area contributed by atoms with Gasteiger partial charge in [0, 0.05) is 18.8 Å². The van der Waals surface area contributed by atoms with E-state index in [9.17, 15) is 9.18 Å². The summed E-state index contributed by atoms with van der Waals surface area (Å²) in [6.07, 6.45) is 1.72. The molecule has 3 rings (SSSR count). The van der Waals surface area contributed by atoms with Crippen LogP contribution in [-0.4, -0.2) is 21.6 Å². The van der Waals surface area contributed by atoms with Gasteiger partial charge in [-0.05, 0) is 31.0 Å².